The van der Waals surface area contributed by atoms with E-state index in [4.69, 9.17) is 10.5 Å². The summed E-state index contributed by atoms with van der Waals surface area (Å²) in [7, 11) is 2.96. The van der Waals surface area contributed by atoms with Gasteiger partial charge in [-0.2, -0.15) is 0 Å². The number of nitrogens with zero attached hydrogens (tertiary/aromatic N) is 1. The molecule has 2 N–H and O–H groups in total. The molecule has 1 unspecified atom stereocenters. The smallest absolute Gasteiger partial charge is 0.324 e. The fourth-order valence-electron chi connectivity index (χ4n) is 1.90. The van der Waals surface area contributed by atoms with Crippen LogP contribution in [0.4, 0.5) is 0 Å². The monoisotopic (exact) mass is 248 g/mol. The number of benzene rings is 1. The summed E-state index contributed by atoms with van der Waals surface area (Å²) in [5, 5.41) is 1.05. The van der Waals surface area contributed by atoms with Crippen LogP contribution < -0.4 is 10.5 Å². The van der Waals surface area contributed by atoms with Gasteiger partial charge in [0.1, 0.15) is 11.8 Å². The predicted octanol–water partition coefficient (Wildman–Crippen LogP) is 1.15. The van der Waals surface area contributed by atoms with Gasteiger partial charge >= 0.3 is 5.97 Å². The third kappa shape index (κ3) is 2.31. The van der Waals surface area contributed by atoms with Crippen LogP contribution in [0.25, 0.3) is 10.9 Å². The second-order valence-corrected chi connectivity index (χ2v) is 4.02. The summed E-state index contributed by atoms with van der Waals surface area (Å²) in [5.41, 5.74) is 6.76. The Morgan fingerprint density at radius 2 is 2.17 bits per heavy atom. The first-order chi connectivity index (χ1) is 8.65. The lowest BCUT2D eigenvalue weighted by molar-refractivity contribution is -0.142. The van der Waals surface area contributed by atoms with E-state index in [1.165, 1.54) is 7.11 Å². The van der Waals surface area contributed by atoms with Gasteiger partial charge in [-0.1, -0.05) is 0 Å². The maximum atomic E-state index is 11.3. The van der Waals surface area contributed by atoms with Crippen LogP contribution >= 0.6 is 0 Å². The third-order valence-electron chi connectivity index (χ3n) is 2.88. The van der Waals surface area contributed by atoms with Gasteiger partial charge in [-0.05, 0) is 24.3 Å². The molecule has 5 heteroatoms. The van der Waals surface area contributed by atoms with Crippen LogP contribution in [0.2, 0.25) is 0 Å². The number of hydrogen-bond acceptors (Lipinski definition) is 4. The normalized spacial score (nSPS) is 12.4. The van der Waals surface area contributed by atoms with Gasteiger partial charge in [0.25, 0.3) is 0 Å². The minimum atomic E-state index is -0.660. The zero-order chi connectivity index (χ0) is 13.1. The van der Waals surface area contributed by atoms with Gasteiger partial charge in [0.05, 0.1) is 14.2 Å². The third-order valence-corrected chi connectivity index (χ3v) is 2.88. The number of methoxy groups -OCH3 is 2. The van der Waals surface area contributed by atoms with E-state index >= 15 is 0 Å². The molecule has 5 nitrogen and oxygen atoms in total. The molecule has 0 bridgehead atoms. The molecule has 0 aliphatic rings. The number of fused-ring (bicyclic) bond motifs is 1. The molecule has 0 amide bonds. The van der Waals surface area contributed by atoms with E-state index in [9.17, 15) is 4.79 Å². The van der Waals surface area contributed by atoms with Crippen LogP contribution in [0.3, 0.4) is 0 Å². The van der Waals surface area contributed by atoms with Crippen molar-refractivity contribution in [3.63, 3.8) is 0 Å². The van der Waals surface area contributed by atoms with E-state index in [-0.39, 0.29) is 0 Å². The van der Waals surface area contributed by atoms with E-state index in [2.05, 4.69) is 4.74 Å². The van der Waals surface area contributed by atoms with Crippen LogP contribution in [-0.4, -0.2) is 30.8 Å². The quantitative estimate of drug-likeness (QED) is 0.824. The molecule has 0 spiro atoms. The largest absolute Gasteiger partial charge is 0.497 e. The Morgan fingerprint density at radius 1 is 1.39 bits per heavy atom. The summed E-state index contributed by atoms with van der Waals surface area (Å²) in [6, 6.07) is 7.06. The van der Waals surface area contributed by atoms with Crippen molar-refractivity contribution in [3.8, 4) is 5.75 Å². The highest BCUT2D eigenvalue weighted by Gasteiger charge is 2.15. The van der Waals surface area contributed by atoms with Crippen molar-refractivity contribution in [2.45, 2.75) is 12.6 Å². The molecule has 1 heterocycles. The standard InChI is InChI=1S/C13H16N2O3/c1-17-10-3-4-12-9(7-10)5-6-15(12)8-11(14)13(16)18-2/h3-7,11H,8,14H2,1-2H3. The highest BCUT2D eigenvalue weighted by Crippen LogP contribution is 2.21. The van der Waals surface area contributed by atoms with Crippen LogP contribution in [0, 0.1) is 0 Å². The SMILES string of the molecule is COC(=O)C(N)Cn1ccc2cc(OC)ccc21. The molecule has 18 heavy (non-hydrogen) atoms. The molecule has 2 rings (SSSR count). The molecular formula is C13H16N2O3. The Bertz CT molecular complexity index is 562. The number of esters is 1. The maximum Gasteiger partial charge on any atom is 0.324 e. The molecule has 0 fully saturated rings. The van der Waals surface area contributed by atoms with Crippen molar-refractivity contribution in [1.82, 2.24) is 4.57 Å². The Kier molecular flexibility index (Phi) is 3.53. The zero-order valence-electron chi connectivity index (χ0n) is 10.4. The van der Waals surface area contributed by atoms with Gasteiger partial charge in [0, 0.05) is 23.6 Å². The van der Waals surface area contributed by atoms with Gasteiger partial charge < -0.3 is 19.8 Å². The molecular weight excluding hydrogens is 232 g/mol. The number of hydrogen-bond donors (Lipinski definition) is 1. The van der Waals surface area contributed by atoms with E-state index in [0.717, 1.165) is 16.7 Å². The summed E-state index contributed by atoms with van der Waals surface area (Å²) in [5.74, 6) is 0.392. The van der Waals surface area contributed by atoms with Gasteiger partial charge in [0.15, 0.2) is 0 Å². The van der Waals surface area contributed by atoms with Gasteiger partial charge in [-0.3, -0.25) is 4.79 Å². The zero-order valence-corrected chi connectivity index (χ0v) is 10.4. The van der Waals surface area contributed by atoms with Crippen LogP contribution in [0.5, 0.6) is 5.75 Å². The van der Waals surface area contributed by atoms with Crippen molar-refractivity contribution < 1.29 is 14.3 Å². The molecule has 0 saturated carbocycles. The average Bonchev–Trinajstić information content (AvgIpc) is 2.80. The van der Waals surface area contributed by atoms with E-state index < -0.39 is 12.0 Å². The topological polar surface area (TPSA) is 66.5 Å². The van der Waals surface area contributed by atoms with Gasteiger partial charge in [-0.25, -0.2) is 0 Å². The Hall–Kier alpha value is -2.01. The number of rotatable bonds is 4. The molecule has 1 aromatic carbocycles. The molecule has 0 saturated heterocycles. The summed E-state index contributed by atoms with van der Waals surface area (Å²) in [4.78, 5) is 11.3. The maximum absolute atomic E-state index is 11.3. The second-order valence-electron chi connectivity index (χ2n) is 4.02. The van der Waals surface area contributed by atoms with E-state index in [1.54, 1.807) is 7.11 Å². The van der Waals surface area contributed by atoms with Crippen LogP contribution in [-0.2, 0) is 16.1 Å². The number of aromatic nitrogens is 1. The summed E-state index contributed by atoms with van der Waals surface area (Å²) in [6.45, 7) is 0.391. The molecule has 0 radical (unpaired) electrons. The molecule has 0 aliphatic carbocycles. The van der Waals surface area contributed by atoms with E-state index in [1.807, 2.05) is 35.0 Å². The first-order valence-electron chi connectivity index (χ1n) is 5.62. The first kappa shape index (κ1) is 12.4. The minimum Gasteiger partial charge on any atom is -0.497 e. The molecule has 1 atom stereocenters. The minimum absolute atomic E-state index is 0.391. The average molecular weight is 248 g/mol. The fraction of sp³-hybridized carbons (Fsp3) is 0.308. The number of carbonyl (C=O) groups excluding carboxylic acids is 1. The number of carbonyl (C=O) groups is 1. The molecule has 2 aromatic rings. The summed E-state index contributed by atoms with van der Waals surface area (Å²) in [6.07, 6.45) is 1.90. The van der Waals surface area contributed by atoms with Crippen molar-refractivity contribution in [2.75, 3.05) is 14.2 Å². The Morgan fingerprint density at radius 3 is 2.83 bits per heavy atom. The Labute approximate surface area is 105 Å². The van der Waals surface area contributed by atoms with Crippen molar-refractivity contribution >= 4 is 16.9 Å². The Balaban J connectivity index is 2.27. The second kappa shape index (κ2) is 5.10. The lowest BCUT2D eigenvalue weighted by Crippen LogP contribution is -2.35. The van der Waals surface area contributed by atoms with Crippen LogP contribution in [0.1, 0.15) is 0 Å². The summed E-state index contributed by atoms with van der Waals surface area (Å²) >= 11 is 0. The lowest BCUT2D eigenvalue weighted by atomic mass is 10.2. The number of nitrogens with two attached hydrogens (primary N) is 1. The highest BCUT2D eigenvalue weighted by atomic mass is 16.5. The van der Waals surface area contributed by atoms with E-state index in [0.29, 0.717) is 6.54 Å². The predicted molar refractivity (Wildman–Crippen MR) is 68.5 cm³/mol. The van der Waals surface area contributed by atoms with Gasteiger partial charge in [-0.15, -0.1) is 0 Å². The summed E-state index contributed by atoms with van der Waals surface area (Å²) < 4.78 is 11.7. The molecule has 1 aromatic heterocycles. The molecule has 96 valence electrons. The van der Waals surface area contributed by atoms with Crippen LogP contribution in [0.15, 0.2) is 30.5 Å². The number of ether oxygens (including phenoxy) is 2. The highest BCUT2D eigenvalue weighted by molar-refractivity contribution is 5.82. The fourth-order valence-corrected chi connectivity index (χ4v) is 1.90. The van der Waals surface area contributed by atoms with Crippen molar-refractivity contribution in [2.24, 2.45) is 5.73 Å². The van der Waals surface area contributed by atoms with Crippen molar-refractivity contribution in [3.05, 3.63) is 30.5 Å². The lowest BCUT2D eigenvalue weighted by Gasteiger charge is -2.11. The van der Waals surface area contributed by atoms with Gasteiger partial charge in [0.2, 0.25) is 0 Å². The van der Waals surface area contributed by atoms with Crippen molar-refractivity contribution in [1.29, 1.82) is 0 Å². The first-order valence-corrected chi connectivity index (χ1v) is 5.62. The molecule has 0 aliphatic heterocycles.